The number of hydrogen-bond donors (Lipinski definition) is 1. The molecule has 0 aliphatic carbocycles. The smallest absolute Gasteiger partial charge is 0.412 e. The third kappa shape index (κ3) is 4.42. The van der Waals surface area contributed by atoms with Crippen LogP contribution in [0.25, 0.3) is 11.3 Å². The fraction of sp³-hybridized carbons (Fsp3) is 0.304. The Kier molecular flexibility index (Phi) is 5.92. The minimum absolute atomic E-state index is 0.307. The molecule has 1 N–H and O–H groups in total. The molecule has 0 saturated heterocycles. The van der Waals surface area contributed by atoms with E-state index in [0.29, 0.717) is 12.4 Å². The number of benzene rings is 2. The van der Waals surface area contributed by atoms with E-state index in [1.807, 2.05) is 50.7 Å². The Morgan fingerprint density at radius 1 is 1.03 bits per heavy atom. The summed E-state index contributed by atoms with van der Waals surface area (Å²) in [6.45, 7) is 8.39. The Morgan fingerprint density at radius 3 is 2.45 bits per heavy atom. The Hall–Kier alpha value is -3.28. The molecule has 1 heterocycles. The number of rotatable bonds is 5. The molecule has 0 fully saturated rings. The molecule has 152 valence electrons. The highest BCUT2D eigenvalue weighted by Gasteiger charge is 2.14. The van der Waals surface area contributed by atoms with Crippen molar-refractivity contribution in [2.45, 2.75) is 34.3 Å². The van der Waals surface area contributed by atoms with Gasteiger partial charge in [-0.15, -0.1) is 0 Å². The Labute approximate surface area is 171 Å². The third-order valence-corrected chi connectivity index (χ3v) is 5.06. The van der Waals surface area contributed by atoms with E-state index < -0.39 is 6.09 Å². The lowest BCUT2D eigenvalue weighted by Crippen LogP contribution is -2.23. The van der Waals surface area contributed by atoms with Gasteiger partial charge in [0.25, 0.3) is 0 Å². The minimum Gasteiger partial charge on any atom is -0.488 e. The van der Waals surface area contributed by atoms with E-state index in [4.69, 9.17) is 9.47 Å². The fourth-order valence-corrected chi connectivity index (χ4v) is 3.17. The van der Waals surface area contributed by atoms with Crippen molar-refractivity contribution < 1.29 is 14.3 Å². The van der Waals surface area contributed by atoms with Gasteiger partial charge in [-0.3, -0.25) is 4.68 Å². The van der Waals surface area contributed by atoms with Crippen LogP contribution >= 0.6 is 0 Å². The number of carbonyl (C=O) groups is 1. The average molecular weight is 393 g/mol. The lowest BCUT2D eigenvalue weighted by molar-refractivity contribution is 0.201. The summed E-state index contributed by atoms with van der Waals surface area (Å²) in [4.78, 5) is 11.6. The molecule has 0 aliphatic rings. The number of carbonyl (C=O) groups excluding carboxylic acids is 1. The summed E-state index contributed by atoms with van der Waals surface area (Å²) < 4.78 is 13.4. The van der Waals surface area contributed by atoms with Crippen molar-refractivity contribution in [3.8, 4) is 22.8 Å². The maximum absolute atomic E-state index is 11.6. The van der Waals surface area contributed by atoms with Crippen molar-refractivity contribution >= 4 is 6.09 Å². The lowest BCUT2D eigenvalue weighted by Gasteiger charge is -2.16. The van der Waals surface area contributed by atoms with E-state index >= 15 is 0 Å². The van der Waals surface area contributed by atoms with Crippen LogP contribution in [0.5, 0.6) is 11.5 Å². The van der Waals surface area contributed by atoms with E-state index in [0.717, 1.165) is 45.0 Å². The Balaban J connectivity index is 1.85. The molecule has 0 unspecified atom stereocenters. The molecule has 0 atom stereocenters. The molecular weight excluding hydrogens is 366 g/mol. The summed E-state index contributed by atoms with van der Waals surface area (Å²) in [6, 6.07) is 11.8. The second-order valence-corrected chi connectivity index (χ2v) is 7.21. The van der Waals surface area contributed by atoms with Gasteiger partial charge < -0.3 is 14.8 Å². The van der Waals surface area contributed by atoms with E-state index in [9.17, 15) is 4.79 Å². The van der Waals surface area contributed by atoms with Crippen LogP contribution < -0.4 is 14.8 Å². The van der Waals surface area contributed by atoms with Crippen LogP contribution in [-0.2, 0) is 13.7 Å². The molecule has 2 aromatic carbocycles. The number of aryl methyl sites for hydroxylation is 5. The number of aromatic nitrogens is 2. The normalized spacial score (nSPS) is 10.7. The zero-order valence-corrected chi connectivity index (χ0v) is 17.8. The highest BCUT2D eigenvalue weighted by atomic mass is 16.6. The summed E-state index contributed by atoms with van der Waals surface area (Å²) in [5.74, 6) is 1.30. The zero-order chi connectivity index (χ0) is 21.1. The second-order valence-electron chi connectivity index (χ2n) is 7.21. The molecule has 29 heavy (non-hydrogen) atoms. The van der Waals surface area contributed by atoms with Gasteiger partial charge in [-0.2, -0.15) is 5.10 Å². The van der Waals surface area contributed by atoms with Gasteiger partial charge in [-0.05, 0) is 68.7 Å². The van der Waals surface area contributed by atoms with Crippen LogP contribution in [0.3, 0.4) is 0 Å². The molecule has 0 spiro atoms. The molecule has 1 amide bonds. The van der Waals surface area contributed by atoms with Gasteiger partial charge >= 0.3 is 6.09 Å². The van der Waals surface area contributed by atoms with E-state index in [1.54, 1.807) is 6.07 Å². The molecule has 3 aromatic rings. The first kappa shape index (κ1) is 20.5. The summed E-state index contributed by atoms with van der Waals surface area (Å²) in [6.07, 6.45) is -0.501. The standard InChI is InChI=1S/C23H27N3O3/c1-14-8-7-9-21(29-23(27)24-5)19(14)13-28-22-11-15(2)18(10-16(22)3)20-12-17(4)26(6)25-20/h7-12H,13H2,1-6H3,(H,24,27). The molecule has 0 saturated carbocycles. The van der Waals surface area contributed by atoms with Crippen LogP contribution in [0, 0.1) is 27.7 Å². The summed E-state index contributed by atoms with van der Waals surface area (Å²) in [5.41, 5.74) is 7.13. The van der Waals surface area contributed by atoms with Gasteiger partial charge in [0.05, 0.1) is 5.69 Å². The fourth-order valence-electron chi connectivity index (χ4n) is 3.17. The van der Waals surface area contributed by atoms with Crippen molar-refractivity contribution in [1.29, 1.82) is 0 Å². The quantitative estimate of drug-likeness (QED) is 0.687. The molecule has 1 aromatic heterocycles. The number of nitrogens with one attached hydrogen (secondary N) is 1. The maximum atomic E-state index is 11.6. The van der Waals surface area contributed by atoms with E-state index in [1.165, 1.54) is 7.05 Å². The average Bonchev–Trinajstić information content (AvgIpc) is 3.01. The first-order valence-corrected chi connectivity index (χ1v) is 9.53. The monoisotopic (exact) mass is 393 g/mol. The largest absolute Gasteiger partial charge is 0.488 e. The van der Waals surface area contributed by atoms with Crippen LogP contribution in [-0.4, -0.2) is 22.9 Å². The van der Waals surface area contributed by atoms with E-state index in [2.05, 4.69) is 29.5 Å². The van der Waals surface area contributed by atoms with Crippen molar-refractivity contribution in [2.75, 3.05) is 7.05 Å². The highest BCUT2D eigenvalue weighted by Crippen LogP contribution is 2.31. The predicted octanol–water partition coefficient (Wildman–Crippen LogP) is 4.62. The van der Waals surface area contributed by atoms with Crippen molar-refractivity contribution in [2.24, 2.45) is 7.05 Å². The zero-order valence-electron chi connectivity index (χ0n) is 17.8. The SMILES string of the molecule is CNC(=O)Oc1cccc(C)c1COc1cc(C)c(-c2cc(C)n(C)n2)cc1C. The van der Waals surface area contributed by atoms with Crippen LogP contribution in [0.1, 0.15) is 27.9 Å². The molecule has 0 bridgehead atoms. The predicted molar refractivity (Wildman–Crippen MR) is 113 cm³/mol. The second kappa shape index (κ2) is 8.39. The Bertz CT molecular complexity index is 1030. The third-order valence-electron chi connectivity index (χ3n) is 5.06. The minimum atomic E-state index is -0.501. The number of hydrogen-bond acceptors (Lipinski definition) is 4. The summed E-state index contributed by atoms with van der Waals surface area (Å²) in [5, 5.41) is 7.05. The molecule has 3 rings (SSSR count). The highest BCUT2D eigenvalue weighted by molar-refractivity contribution is 5.70. The van der Waals surface area contributed by atoms with Gasteiger partial charge in [0, 0.05) is 30.9 Å². The van der Waals surface area contributed by atoms with Crippen molar-refractivity contribution in [3.05, 3.63) is 64.3 Å². The molecule has 0 radical (unpaired) electrons. The molecule has 6 heteroatoms. The van der Waals surface area contributed by atoms with Gasteiger partial charge in [0.2, 0.25) is 0 Å². The summed E-state index contributed by atoms with van der Waals surface area (Å²) in [7, 11) is 3.48. The van der Waals surface area contributed by atoms with Gasteiger partial charge in [-0.25, -0.2) is 4.79 Å². The number of ether oxygens (including phenoxy) is 2. The molecule has 6 nitrogen and oxygen atoms in total. The van der Waals surface area contributed by atoms with Crippen LogP contribution in [0.15, 0.2) is 36.4 Å². The van der Waals surface area contributed by atoms with Gasteiger partial charge in [-0.1, -0.05) is 12.1 Å². The van der Waals surface area contributed by atoms with Gasteiger partial charge in [0.1, 0.15) is 18.1 Å². The van der Waals surface area contributed by atoms with Crippen molar-refractivity contribution in [3.63, 3.8) is 0 Å². The van der Waals surface area contributed by atoms with Gasteiger partial charge in [0.15, 0.2) is 0 Å². The molecular formula is C23H27N3O3. The summed E-state index contributed by atoms with van der Waals surface area (Å²) >= 11 is 0. The number of nitrogens with zero attached hydrogens (tertiary/aromatic N) is 2. The van der Waals surface area contributed by atoms with E-state index in [-0.39, 0.29) is 0 Å². The number of amides is 1. The lowest BCUT2D eigenvalue weighted by atomic mass is 10.0. The topological polar surface area (TPSA) is 65.4 Å². The van der Waals surface area contributed by atoms with Crippen molar-refractivity contribution in [1.82, 2.24) is 15.1 Å². The Morgan fingerprint density at radius 2 is 1.79 bits per heavy atom. The molecule has 0 aliphatic heterocycles. The maximum Gasteiger partial charge on any atom is 0.412 e. The van der Waals surface area contributed by atoms with Crippen LogP contribution in [0.4, 0.5) is 4.79 Å². The first-order chi connectivity index (χ1) is 13.8. The van der Waals surface area contributed by atoms with Crippen LogP contribution in [0.2, 0.25) is 0 Å². The first-order valence-electron chi connectivity index (χ1n) is 9.53.